The van der Waals surface area contributed by atoms with Gasteiger partial charge in [0.05, 0.1) is 0 Å². The first kappa shape index (κ1) is 13.1. The van der Waals surface area contributed by atoms with Gasteiger partial charge in [-0.05, 0) is 50.3 Å². The van der Waals surface area contributed by atoms with Gasteiger partial charge < -0.3 is 0 Å². The molecule has 1 aromatic rings. The van der Waals surface area contributed by atoms with Crippen molar-refractivity contribution < 1.29 is 0 Å². The molecule has 17 heavy (non-hydrogen) atoms. The Morgan fingerprint density at radius 1 is 1.35 bits per heavy atom. The zero-order chi connectivity index (χ0) is 12.1. The highest BCUT2D eigenvalue weighted by Crippen LogP contribution is 2.24. The van der Waals surface area contributed by atoms with Gasteiger partial charge in [-0.2, -0.15) is 0 Å². The first-order valence-corrected chi connectivity index (χ1v) is 7.78. The van der Waals surface area contributed by atoms with Crippen LogP contribution in [0.5, 0.6) is 0 Å². The largest absolute Gasteiger partial charge is 0.296 e. The average molecular weight is 296 g/mol. The number of hydrogen-bond donors (Lipinski definition) is 0. The van der Waals surface area contributed by atoms with E-state index in [2.05, 4.69) is 52.0 Å². The number of rotatable bonds is 5. The molecule has 1 nitrogen and oxygen atoms in total. The zero-order valence-corrected chi connectivity index (χ0v) is 12.2. The molecule has 2 heteroatoms. The van der Waals surface area contributed by atoms with Crippen LogP contribution in [-0.2, 0) is 6.54 Å². The lowest BCUT2D eigenvalue weighted by molar-refractivity contribution is 0.233. The number of likely N-dealkylation sites (tertiary alicyclic amines) is 1. The predicted molar refractivity (Wildman–Crippen MR) is 77.6 cm³/mol. The van der Waals surface area contributed by atoms with Crippen molar-refractivity contribution in [1.82, 2.24) is 4.90 Å². The van der Waals surface area contributed by atoms with Crippen LogP contribution < -0.4 is 0 Å². The summed E-state index contributed by atoms with van der Waals surface area (Å²) in [6.45, 7) is 4.64. The topological polar surface area (TPSA) is 3.24 Å². The third-order valence-corrected chi connectivity index (χ3v) is 4.37. The van der Waals surface area contributed by atoms with Crippen molar-refractivity contribution in [3.05, 3.63) is 35.4 Å². The lowest BCUT2D eigenvalue weighted by Crippen LogP contribution is -2.29. The molecule has 1 saturated heterocycles. The number of nitrogens with zero attached hydrogens (tertiary/aromatic N) is 1. The maximum atomic E-state index is 3.54. The molecule has 0 N–H and O–H groups in total. The molecule has 1 aliphatic rings. The van der Waals surface area contributed by atoms with Crippen LogP contribution in [0.3, 0.4) is 0 Å². The Bertz CT molecular complexity index is 351. The smallest absolute Gasteiger partial charge is 0.0239 e. The Morgan fingerprint density at radius 2 is 2.18 bits per heavy atom. The second-order valence-electron chi connectivity index (χ2n) is 5.02. The van der Waals surface area contributed by atoms with Gasteiger partial charge in [-0.25, -0.2) is 0 Å². The minimum atomic E-state index is 0.812. The molecule has 0 spiro atoms. The summed E-state index contributed by atoms with van der Waals surface area (Å²) in [6.07, 6.45) is 5.41. The standard InChI is InChI=1S/C15H22BrN/c1-13-6-2-3-7-14(13)12-17-11-5-9-15(17)8-4-10-16/h2-3,6-7,15H,4-5,8-12H2,1H3. The first-order chi connectivity index (χ1) is 8.31. The molecule has 1 fully saturated rings. The van der Waals surface area contributed by atoms with E-state index in [0.717, 1.165) is 17.9 Å². The van der Waals surface area contributed by atoms with Crippen LogP contribution in [0, 0.1) is 6.92 Å². The van der Waals surface area contributed by atoms with Crippen LogP contribution in [0.1, 0.15) is 36.8 Å². The molecule has 0 bridgehead atoms. The van der Waals surface area contributed by atoms with Crippen LogP contribution in [0.2, 0.25) is 0 Å². The highest BCUT2D eigenvalue weighted by molar-refractivity contribution is 9.09. The summed E-state index contributed by atoms with van der Waals surface area (Å²) < 4.78 is 0. The molecule has 0 aliphatic carbocycles. The number of hydrogen-bond acceptors (Lipinski definition) is 1. The SMILES string of the molecule is Cc1ccccc1CN1CCCC1CCCBr. The van der Waals surface area contributed by atoms with E-state index in [1.165, 1.54) is 43.4 Å². The van der Waals surface area contributed by atoms with Gasteiger partial charge in [0.1, 0.15) is 0 Å². The summed E-state index contributed by atoms with van der Waals surface area (Å²) in [5.41, 5.74) is 2.93. The number of halogens is 1. The maximum Gasteiger partial charge on any atom is 0.0239 e. The number of alkyl halides is 1. The molecular formula is C15H22BrN. The molecule has 94 valence electrons. The Hall–Kier alpha value is -0.340. The predicted octanol–water partition coefficient (Wildman–Crippen LogP) is 4.13. The van der Waals surface area contributed by atoms with E-state index in [9.17, 15) is 0 Å². The minimum Gasteiger partial charge on any atom is -0.296 e. The number of aryl methyl sites for hydroxylation is 1. The molecule has 2 rings (SSSR count). The second kappa shape index (κ2) is 6.55. The van der Waals surface area contributed by atoms with Crippen LogP contribution in [0.15, 0.2) is 24.3 Å². The van der Waals surface area contributed by atoms with Crippen molar-refractivity contribution in [2.75, 3.05) is 11.9 Å². The van der Waals surface area contributed by atoms with Gasteiger partial charge in [-0.3, -0.25) is 4.90 Å². The Morgan fingerprint density at radius 3 is 2.94 bits per heavy atom. The van der Waals surface area contributed by atoms with Crippen LogP contribution in [0.25, 0.3) is 0 Å². The maximum absolute atomic E-state index is 3.54. The molecule has 0 aromatic heterocycles. The van der Waals surface area contributed by atoms with Crippen LogP contribution in [-0.4, -0.2) is 22.8 Å². The molecule has 1 unspecified atom stereocenters. The summed E-state index contributed by atoms with van der Waals surface area (Å²) in [7, 11) is 0. The summed E-state index contributed by atoms with van der Waals surface area (Å²) >= 11 is 3.54. The molecule has 0 amide bonds. The van der Waals surface area contributed by atoms with E-state index < -0.39 is 0 Å². The van der Waals surface area contributed by atoms with Gasteiger partial charge in [-0.1, -0.05) is 40.2 Å². The van der Waals surface area contributed by atoms with E-state index in [0.29, 0.717) is 0 Å². The molecule has 1 atom stereocenters. The monoisotopic (exact) mass is 295 g/mol. The van der Waals surface area contributed by atoms with Gasteiger partial charge in [0.25, 0.3) is 0 Å². The Labute approximate surface area is 113 Å². The normalized spacial score (nSPS) is 20.9. The van der Waals surface area contributed by atoms with Gasteiger partial charge in [0.15, 0.2) is 0 Å². The van der Waals surface area contributed by atoms with Gasteiger partial charge in [-0.15, -0.1) is 0 Å². The number of benzene rings is 1. The molecule has 1 aliphatic heterocycles. The first-order valence-electron chi connectivity index (χ1n) is 6.66. The third kappa shape index (κ3) is 3.56. The highest BCUT2D eigenvalue weighted by Gasteiger charge is 2.23. The Kier molecular flexibility index (Phi) is 5.05. The van der Waals surface area contributed by atoms with Crippen LogP contribution >= 0.6 is 15.9 Å². The van der Waals surface area contributed by atoms with Gasteiger partial charge in [0, 0.05) is 17.9 Å². The summed E-state index contributed by atoms with van der Waals surface area (Å²) in [5, 5.41) is 1.14. The summed E-state index contributed by atoms with van der Waals surface area (Å²) in [4.78, 5) is 2.67. The fourth-order valence-electron chi connectivity index (χ4n) is 2.75. The fraction of sp³-hybridized carbons (Fsp3) is 0.600. The molecule has 0 saturated carbocycles. The molecule has 1 heterocycles. The van der Waals surface area contributed by atoms with E-state index in [1.54, 1.807) is 0 Å². The quantitative estimate of drug-likeness (QED) is 0.738. The van der Waals surface area contributed by atoms with Crippen molar-refractivity contribution in [3.8, 4) is 0 Å². The Balaban J connectivity index is 1.95. The van der Waals surface area contributed by atoms with Gasteiger partial charge in [0.2, 0.25) is 0 Å². The van der Waals surface area contributed by atoms with Crippen molar-refractivity contribution in [2.24, 2.45) is 0 Å². The second-order valence-corrected chi connectivity index (χ2v) is 5.82. The average Bonchev–Trinajstić information content (AvgIpc) is 2.77. The van der Waals surface area contributed by atoms with Crippen molar-refractivity contribution in [2.45, 2.75) is 45.2 Å². The van der Waals surface area contributed by atoms with E-state index in [1.807, 2.05) is 0 Å². The molecule has 1 aromatic carbocycles. The van der Waals surface area contributed by atoms with Gasteiger partial charge >= 0.3 is 0 Å². The fourth-order valence-corrected chi connectivity index (χ4v) is 3.07. The molecule has 0 radical (unpaired) electrons. The minimum absolute atomic E-state index is 0.812. The van der Waals surface area contributed by atoms with Crippen molar-refractivity contribution >= 4 is 15.9 Å². The lowest BCUT2D eigenvalue weighted by Gasteiger charge is -2.25. The van der Waals surface area contributed by atoms with E-state index in [4.69, 9.17) is 0 Å². The van der Waals surface area contributed by atoms with E-state index in [-0.39, 0.29) is 0 Å². The summed E-state index contributed by atoms with van der Waals surface area (Å²) in [6, 6.07) is 9.60. The highest BCUT2D eigenvalue weighted by atomic mass is 79.9. The van der Waals surface area contributed by atoms with Crippen molar-refractivity contribution in [1.29, 1.82) is 0 Å². The van der Waals surface area contributed by atoms with Crippen molar-refractivity contribution in [3.63, 3.8) is 0 Å². The molecular weight excluding hydrogens is 274 g/mol. The van der Waals surface area contributed by atoms with Crippen LogP contribution in [0.4, 0.5) is 0 Å². The third-order valence-electron chi connectivity index (χ3n) is 3.80. The zero-order valence-electron chi connectivity index (χ0n) is 10.7. The van der Waals surface area contributed by atoms with E-state index >= 15 is 0 Å². The summed E-state index contributed by atoms with van der Waals surface area (Å²) in [5.74, 6) is 0. The lowest BCUT2D eigenvalue weighted by atomic mass is 10.1.